The molecule has 0 saturated carbocycles. The van der Waals surface area contributed by atoms with E-state index in [1.165, 1.54) is 33.8 Å². The molecule has 0 aliphatic heterocycles. The Kier molecular flexibility index (Phi) is 6.40. The molecule has 1 aromatic carbocycles. The fourth-order valence-corrected chi connectivity index (χ4v) is 4.72. The highest BCUT2D eigenvalue weighted by molar-refractivity contribution is 7.89. The Bertz CT molecular complexity index is 799. The van der Waals surface area contributed by atoms with Gasteiger partial charge in [0.2, 0.25) is 10.0 Å². The Labute approximate surface area is 150 Å². The van der Waals surface area contributed by atoms with Crippen LogP contribution >= 0.6 is 22.9 Å². The third-order valence-corrected chi connectivity index (χ3v) is 6.80. The normalized spacial score (nSPS) is 11.7. The van der Waals surface area contributed by atoms with E-state index in [-0.39, 0.29) is 22.1 Å². The molecule has 1 heterocycles. The van der Waals surface area contributed by atoms with Gasteiger partial charge in [0.05, 0.1) is 10.6 Å². The Hall–Kier alpha value is -1.41. The molecule has 0 fully saturated rings. The second-order valence-electron chi connectivity index (χ2n) is 4.89. The highest BCUT2D eigenvalue weighted by Gasteiger charge is 2.25. The number of sulfonamides is 1. The zero-order valence-electron chi connectivity index (χ0n) is 13.4. The molecule has 0 radical (unpaired) electrons. The lowest BCUT2D eigenvalue weighted by atomic mass is 10.2. The monoisotopic (exact) mass is 387 g/mol. The summed E-state index contributed by atoms with van der Waals surface area (Å²) in [6.07, 6.45) is 0. The summed E-state index contributed by atoms with van der Waals surface area (Å²) < 4.78 is 31.8. The molecule has 0 spiro atoms. The van der Waals surface area contributed by atoms with E-state index in [0.717, 1.165) is 4.88 Å². The quantitative estimate of drug-likeness (QED) is 0.678. The van der Waals surface area contributed by atoms with E-state index < -0.39 is 16.0 Å². The Morgan fingerprint density at radius 2 is 1.96 bits per heavy atom. The predicted molar refractivity (Wildman–Crippen MR) is 95.0 cm³/mol. The van der Waals surface area contributed by atoms with Crippen molar-refractivity contribution in [3.63, 3.8) is 0 Å². The number of hydrogen-bond donors (Lipinski definition) is 0. The van der Waals surface area contributed by atoms with Crippen LogP contribution in [0.3, 0.4) is 0 Å². The van der Waals surface area contributed by atoms with Crippen LogP contribution in [-0.2, 0) is 21.4 Å². The van der Waals surface area contributed by atoms with Gasteiger partial charge < -0.3 is 4.74 Å². The SMILES string of the molecule is CCN(CC)S(=O)(=O)c1cc(C(=O)OCc2cccs2)ccc1Cl. The van der Waals surface area contributed by atoms with Crippen molar-refractivity contribution in [3.05, 3.63) is 51.2 Å². The lowest BCUT2D eigenvalue weighted by molar-refractivity contribution is 0.0476. The molecule has 130 valence electrons. The molecule has 0 unspecified atom stereocenters. The van der Waals surface area contributed by atoms with E-state index in [0.29, 0.717) is 13.1 Å². The molecule has 0 saturated heterocycles. The molecule has 0 aliphatic rings. The molecule has 24 heavy (non-hydrogen) atoms. The van der Waals surface area contributed by atoms with E-state index in [4.69, 9.17) is 16.3 Å². The predicted octanol–water partition coefficient (Wildman–Crippen LogP) is 3.79. The Morgan fingerprint density at radius 1 is 1.25 bits per heavy atom. The lowest BCUT2D eigenvalue weighted by Gasteiger charge is -2.19. The summed E-state index contributed by atoms with van der Waals surface area (Å²) in [6.45, 7) is 4.28. The average Bonchev–Trinajstić information content (AvgIpc) is 3.07. The second kappa shape index (κ2) is 8.11. The summed E-state index contributed by atoms with van der Waals surface area (Å²) >= 11 is 7.52. The number of hydrogen-bond acceptors (Lipinski definition) is 5. The number of carbonyl (C=O) groups excluding carboxylic acids is 1. The maximum atomic E-state index is 12.6. The summed E-state index contributed by atoms with van der Waals surface area (Å²) in [6, 6.07) is 7.85. The maximum absolute atomic E-state index is 12.6. The number of ether oxygens (including phenoxy) is 1. The molecule has 0 bridgehead atoms. The summed E-state index contributed by atoms with van der Waals surface area (Å²) in [5, 5.41) is 1.97. The van der Waals surface area contributed by atoms with Crippen molar-refractivity contribution in [1.82, 2.24) is 4.31 Å². The third kappa shape index (κ3) is 4.16. The zero-order valence-corrected chi connectivity index (χ0v) is 15.7. The van der Waals surface area contributed by atoms with Crippen molar-refractivity contribution in [1.29, 1.82) is 0 Å². The second-order valence-corrected chi connectivity index (χ2v) is 8.24. The van der Waals surface area contributed by atoms with E-state index in [1.54, 1.807) is 13.8 Å². The minimum atomic E-state index is -3.75. The third-order valence-electron chi connectivity index (χ3n) is 3.42. The molecule has 0 aliphatic carbocycles. The number of halogens is 1. The smallest absolute Gasteiger partial charge is 0.338 e. The van der Waals surface area contributed by atoms with Crippen molar-refractivity contribution in [2.45, 2.75) is 25.3 Å². The number of benzene rings is 1. The maximum Gasteiger partial charge on any atom is 0.338 e. The van der Waals surface area contributed by atoms with Crippen molar-refractivity contribution in [2.24, 2.45) is 0 Å². The molecule has 5 nitrogen and oxygen atoms in total. The summed E-state index contributed by atoms with van der Waals surface area (Å²) in [5.74, 6) is -0.587. The molecule has 1 aromatic heterocycles. The van der Waals surface area contributed by atoms with E-state index in [1.807, 2.05) is 17.5 Å². The van der Waals surface area contributed by atoms with E-state index in [2.05, 4.69) is 0 Å². The van der Waals surface area contributed by atoms with Crippen molar-refractivity contribution >= 4 is 38.9 Å². The molecule has 0 amide bonds. The largest absolute Gasteiger partial charge is 0.456 e. The standard InChI is InChI=1S/C16H18ClNO4S2/c1-3-18(4-2)24(20,21)15-10-12(7-8-14(15)17)16(19)22-11-13-6-5-9-23-13/h5-10H,3-4,11H2,1-2H3. The zero-order chi connectivity index (χ0) is 17.7. The van der Waals surface area contributed by atoms with Crippen LogP contribution in [-0.4, -0.2) is 31.8 Å². The van der Waals surface area contributed by atoms with Crippen LogP contribution in [0.1, 0.15) is 29.1 Å². The van der Waals surface area contributed by atoms with Crippen LogP contribution in [0.15, 0.2) is 40.6 Å². The fourth-order valence-electron chi connectivity index (χ4n) is 2.15. The summed E-state index contributed by atoms with van der Waals surface area (Å²) in [7, 11) is -3.75. The van der Waals surface area contributed by atoms with Gasteiger partial charge in [-0.05, 0) is 29.6 Å². The first-order chi connectivity index (χ1) is 11.4. The topological polar surface area (TPSA) is 63.7 Å². The van der Waals surface area contributed by atoms with Gasteiger partial charge in [-0.15, -0.1) is 11.3 Å². The molecule has 0 N–H and O–H groups in total. The van der Waals surface area contributed by atoms with E-state index >= 15 is 0 Å². The minimum absolute atomic E-state index is 0.0803. The van der Waals surface area contributed by atoms with Gasteiger partial charge >= 0.3 is 5.97 Å². The fraction of sp³-hybridized carbons (Fsp3) is 0.312. The van der Waals surface area contributed by atoms with Gasteiger partial charge in [-0.1, -0.05) is 31.5 Å². The molecular formula is C16H18ClNO4S2. The van der Waals surface area contributed by atoms with Crippen molar-refractivity contribution < 1.29 is 17.9 Å². The van der Waals surface area contributed by atoms with Gasteiger partial charge in [0.15, 0.2) is 0 Å². The first-order valence-electron chi connectivity index (χ1n) is 7.39. The van der Waals surface area contributed by atoms with Gasteiger partial charge in [0, 0.05) is 18.0 Å². The van der Waals surface area contributed by atoms with Crippen LogP contribution in [0.2, 0.25) is 5.02 Å². The van der Waals surface area contributed by atoms with Crippen molar-refractivity contribution in [3.8, 4) is 0 Å². The van der Waals surface area contributed by atoms with Crippen LogP contribution in [0.4, 0.5) is 0 Å². The first kappa shape index (κ1) is 18.9. The van der Waals surface area contributed by atoms with Crippen LogP contribution in [0.5, 0.6) is 0 Å². The minimum Gasteiger partial charge on any atom is -0.456 e. The van der Waals surface area contributed by atoms with Gasteiger partial charge in [0.25, 0.3) is 0 Å². The number of thiophene rings is 1. The summed E-state index contributed by atoms with van der Waals surface area (Å²) in [4.78, 5) is 13.0. The van der Waals surface area contributed by atoms with Crippen LogP contribution in [0.25, 0.3) is 0 Å². The summed E-state index contributed by atoms with van der Waals surface area (Å²) in [5.41, 5.74) is 0.154. The highest BCUT2D eigenvalue weighted by Crippen LogP contribution is 2.26. The van der Waals surface area contributed by atoms with Gasteiger partial charge in [0.1, 0.15) is 11.5 Å². The first-order valence-corrected chi connectivity index (χ1v) is 10.1. The number of esters is 1. The Balaban J connectivity index is 2.26. The molecule has 2 aromatic rings. The molecule has 2 rings (SSSR count). The van der Waals surface area contributed by atoms with Crippen molar-refractivity contribution in [2.75, 3.05) is 13.1 Å². The molecule has 0 atom stereocenters. The lowest BCUT2D eigenvalue weighted by Crippen LogP contribution is -2.31. The van der Waals surface area contributed by atoms with Crippen LogP contribution in [0, 0.1) is 0 Å². The molecule has 8 heteroatoms. The number of nitrogens with zero attached hydrogens (tertiary/aromatic N) is 1. The van der Waals surface area contributed by atoms with Crippen LogP contribution < -0.4 is 0 Å². The number of carbonyl (C=O) groups is 1. The van der Waals surface area contributed by atoms with Gasteiger partial charge in [-0.2, -0.15) is 4.31 Å². The van der Waals surface area contributed by atoms with E-state index in [9.17, 15) is 13.2 Å². The van der Waals surface area contributed by atoms with Gasteiger partial charge in [-0.25, -0.2) is 13.2 Å². The van der Waals surface area contributed by atoms with Gasteiger partial charge in [-0.3, -0.25) is 0 Å². The number of rotatable bonds is 7. The highest BCUT2D eigenvalue weighted by atomic mass is 35.5. The average molecular weight is 388 g/mol. The molecular weight excluding hydrogens is 370 g/mol. The Morgan fingerprint density at radius 3 is 2.54 bits per heavy atom.